The first-order valence-electron chi connectivity index (χ1n) is 5.71. The van der Waals surface area contributed by atoms with E-state index in [-0.39, 0.29) is 24.8 Å². The Morgan fingerprint density at radius 1 is 1.44 bits per heavy atom. The second kappa shape index (κ2) is 5.20. The van der Waals surface area contributed by atoms with Gasteiger partial charge in [0.15, 0.2) is 0 Å². The van der Waals surface area contributed by atoms with Crippen molar-refractivity contribution >= 4 is 16.9 Å². The largest absolute Gasteiger partial charge is 0.478 e. The summed E-state index contributed by atoms with van der Waals surface area (Å²) in [6, 6.07) is 6.92. The van der Waals surface area contributed by atoms with Gasteiger partial charge < -0.3 is 19.9 Å². The molecule has 2 aromatic rings. The summed E-state index contributed by atoms with van der Waals surface area (Å²) in [6.45, 7) is 2.07. The first-order chi connectivity index (χ1) is 8.63. The Hall–Kier alpha value is -1.85. The van der Waals surface area contributed by atoms with Crippen LogP contribution in [-0.4, -0.2) is 28.8 Å². The minimum atomic E-state index is -1.01. The van der Waals surface area contributed by atoms with E-state index >= 15 is 0 Å². The maximum Gasteiger partial charge on any atom is 0.339 e. The van der Waals surface area contributed by atoms with Crippen molar-refractivity contribution < 1.29 is 19.4 Å². The number of aromatic carboxylic acids is 1. The van der Waals surface area contributed by atoms with Gasteiger partial charge in [-0.2, -0.15) is 0 Å². The number of hydrogen-bond donors (Lipinski definition) is 3. The van der Waals surface area contributed by atoms with Crippen molar-refractivity contribution in [2.45, 2.75) is 19.5 Å². The number of furan rings is 1. The first kappa shape index (κ1) is 12.6. The third-order valence-electron chi connectivity index (χ3n) is 2.77. The molecule has 18 heavy (non-hydrogen) atoms. The van der Waals surface area contributed by atoms with Gasteiger partial charge in [-0.05, 0) is 13.0 Å². The molecule has 1 aromatic carbocycles. The van der Waals surface area contributed by atoms with Gasteiger partial charge in [-0.15, -0.1) is 0 Å². The predicted octanol–water partition coefficient (Wildman–Crippen LogP) is 1.60. The first-order valence-corrected chi connectivity index (χ1v) is 5.71. The SMILES string of the molecule is CC(CO)NCc1oc2ccccc2c1C(=O)O. The van der Waals surface area contributed by atoms with Crippen LogP contribution in [0.2, 0.25) is 0 Å². The van der Waals surface area contributed by atoms with E-state index in [9.17, 15) is 9.90 Å². The zero-order chi connectivity index (χ0) is 13.1. The summed E-state index contributed by atoms with van der Waals surface area (Å²) in [5.74, 6) is -0.627. The maximum absolute atomic E-state index is 11.3. The van der Waals surface area contributed by atoms with E-state index in [1.54, 1.807) is 24.3 Å². The Kier molecular flexibility index (Phi) is 3.64. The number of carbonyl (C=O) groups is 1. The number of hydrogen-bond acceptors (Lipinski definition) is 4. The molecular formula is C13H15NO4. The van der Waals surface area contributed by atoms with E-state index in [1.807, 2.05) is 6.92 Å². The fourth-order valence-corrected chi connectivity index (χ4v) is 1.79. The summed E-state index contributed by atoms with van der Waals surface area (Å²) in [6.07, 6.45) is 0. The van der Waals surface area contributed by atoms with Crippen molar-refractivity contribution in [2.75, 3.05) is 6.61 Å². The highest BCUT2D eigenvalue weighted by molar-refractivity contribution is 6.03. The Balaban J connectivity index is 2.37. The highest BCUT2D eigenvalue weighted by Crippen LogP contribution is 2.25. The van der Waals surface area contributed by atoms with Crippen LogP contribution >= 0.6 is 0 Å². The number of carboxylic acids is 1. The molecular weight excluding hydrogens is 234 g/mol. The molecule has 1 aromatic heterocycles. The molecule has 0 saturated carbocycles. The molecule has 1 atom stereocenters. The molecule has 5 heteroatoms. The van der Waals surface area contributed by atoms with Crippen LogP contribution in [0, 0.1) is 0 Å². The van der Waals surface area contributed by atoms with Gasteiger partial charge in [0, 0.05) is 11.4 Å². The highest BCUT2D eigenvalue weighted by atomic mass is 16.4. The fraction of sp³-hybridized carbons (Fsp3) is 0.308. The monoisotopic (exact) mass is 249 g/mol. The number of aliphatic hydroxyl groups is 1. The quantitative estimate of drug-likeness (QED) is 0.749. The number of rotatable bonds is 5. The van der Waals surface area contributed by atoms with Gasteiger partial charge in [0.2, 0.25) is 0 Å². The minimum absolute atomic E-state index is 0.0113. The average Bonchev–Trinajstić information content (AvgIpc) is 2.74. The second-order valence-corrected chi connectivity index (χ2v) is 4.17. The van der Waals surface area contributed by atoms with Crippen molar-refractivity contribution in [2.24, 2.45) is 0 Å². The highest BCUT2D eigenvalue weighted by Gasteiger charge is 2.19. The van der Waals surface area contributed by atoms with E-state index in [1.165, 1.54) is 0 Å². The molecule has 2 rings (SSSR count). The topological polar surface area (TPSA) is 82.7 Å². The van der Waals surface area contributed by atoms with Crippen molar-refractivity contribution in [1.29, 1.82) is 0 Å². The van der Waals surface area contributed by atoms with Gasteiger partial charge in [-0.25, -0.2) is 4.79 Å². The lowest BCUT2D eigenvalue weighted by atomic mass is 10.1. The molecule has 0 fully saturated rings. The molecule has 0 saturated heterocycles. The van der Waals surface area contributed by atoms with Crippen LogP contribution in [0.15, 0.2) is 28.7 Å². The molecule has 0 amide bonds. The Morgan fingerprint density at radius 2 is 2.17 bits per heavy atom. The molecule has 0 radical (unpaired) electrons. The maximum atomic E-state index is 11.3. The number of fused-ring (bicyclic) bond motifs is 1. The van der Waals surface area contributed by atoms with Crippen LogP contribution in [0.3, 0.4) is 0 Å². The lowest BCUT2D eigenvalue weighted by Gasteiger charge is -2.08. The van der Waals surface area contributed by atoms with E-state index in [0.29, 0.717) is 16.7 Å². The van der Waals surface area contributed by atoms with Gasteiger partial charge >= 0.3 is 5.97 Å². The van der Waals surface area contributed by atoms with Crippen LogP contribution in [0.5, 0.6) is 0 Å². The summed E-state index contributed by atoms with van der Waals surface area (Å²) in [4.78, 5) is 11.3. The van der Waals surface area contributed by atoms with Gasteiger partial charge in [0.25, 0.3) is 0 Å². The van der Waals surface area contributed by atoms with Crippen molar-refractivity contribution in [3.63, 3.8) is 0 Å². The van der Waals surface area contributed by atoms with Crippen LogP contribution in [-0.2, 0) is 6.54 Å². The zero-order valence-corrected chi connectivity index (χ0v) is 10.0. The molecule has 3 N–H and O–H groups in total. The summed E-state index contributed by atoms with van der Waals surface area (Å²) < 4.78 is 5.53. The molecule has 1 heterocycles. The van der Waals surface area contributed by atoms with Crippen LogP contribution in [0.1, 0.15) is 23.0 Å². The summed E-state index contributed by atoms with van der Waals surface area (Å²) in [5, 5.41) is 21.8. The Bertz CT molecular complexity index is 561. The molecule has 0 aliphatic heterocycles. The van der Waals surface area contributed by atoms with E-state index < -0.39 is 5.97 Å². The molecule has 0 aliphatic rings. The lowest BCUT2D eigenvalue weighted by Crippen LogP contribution is -2.29. The number of para-hydroxylation sites is 1. The number of aliphatic hydroxyl groups excluding tert-OH is 1. The standard InChI is InChI=1S/C13H15NO4/c1-8(7-15)14-6-11-12(13(16)17)9-4-2-3-5-10(9)18-11/h2-5,8,14-15H,6-7H2,1H3,(H,16,17). The summed E-state index contributed by atoms with van der Waals surface area (Å²) in [5.41, 5.74) is 0.742. The van der Waals surface area contributed by atoms with Crippen LogP contribution in [0.25, 0.3) is 11.0 Å². The third-order valence-corrected chi connectivity index (χ3v) is 2.77. The van der Waals surface area contributed by atoms with E-state index in [2.05, 4.69) is 5.32 Å². The van der Waals surface area contributed by atoms with E-state index in [0.717, 1.165) is 0 Å². The van der Waals surface area contributed by atoms with Crippen molar-refractivity contribution in [3.8, 4) is 0 Å². The fourth-order valence-electron chi connectivity index (χ4n) is 1.79. The van der Waals surface area contributed by atoms with Crippen LogP contribution in [0.4, 0.5) is 0 Å². The minimum Gasteiger partial charge on any atom is -0.478 e. The third kappa shape index (κ3) is 2.37. The second-order valence-electron chi connectivity index (χ2n) is 4.17. The van der Waals surface area contributed by atoms with E-state index in [4.69, 9.17) is 9.52 Å². The normalized spacial score (nSPS) is 12.8. The van der Waals surface area contributed by atoms with Gasteiger partial charge in [0.05, 0.1) is 13.2 Å². The molecule has 0 aliphatic carbocycles. The zero-order valence-electron chi connectivity index (χ0n) is 10.0. The van der Waals surface area contributed by atoms with Gasteiger partial charge in [-0.1, -0.05) is 18.2 Å². The lowest BCUT2D eigenvalue weighted by molar-refractivity contribution is 0.0696. The Morgan fingerprint density at radius 3 is 2.83 bits per heavy atom. The molecule has 0 bridgehead atoms. The smallest absolute Gasteiger partial charge is 0.339 e. The van der Waals surface area contributed by atoms with Gasteiger partial charge in [-0.3, -0.25) is 0 Å². The molecule has 0 spiro atoms. The predicted molar refractivity (Wildman–Crippen MR) is 66.6 cm³/mol. The molecule has 1 unspecified atom stereocenters. The van der Waals surface area contributed by atoms with Gasteiger partial charge in [0.1, 0.15) is 16.9 Å². The molecule has 96 valence electrons. The Labute approximate surface area is 104 Å². The average molecular weight is 249 g/mol. The number of carboxylic acid groups (broad SMARTS) is 1. The van der Waals surface area contributed by atoms with Crippen LogP contribution < -0.4 is 5.32 Å². The van der Waals surface area contributed by atoms with Crippen molar-refractivity contribution in [1.82, 2.24) is 5.32 Å². The number of benzene rings is 1. The summed E-state index contributed by atoms with van der Waals surface area (Å²) in [7, 11) is 0. The van der Waals surface area contributed by atoms with Crippen molar-refractivity contribution in [3.05, 3.63) is 35.6 Å². The molecule has 5 nitrogen and oxygen atoms in total. The summed E-state index contributed by atoms with van der Waals surface area (Å²) >= 11 is 0. The number of nitrogens with one attached hydrogen (secondary N) is 1.